The number of carboxylic acid groups (broad SMARTS) is 1. The lowest BCUT2D eigenvalue weighted by Crippen LogP contribution is -2.36. The van der Waals surface area contributed by atoms with Crippen LogP contribution in [0.1, 0.15) is 11.1 Å². The van der Waals surface area contributed by atoms with Crippen LogP contribution in [-0.4, -0.2) is 22.8 Å². The highest BCUT2D eigenvalue weighted by Crippen LogP contribution is 2.36. The summed E-state index contributed by atoms with van der Waals surface area (Å²) in [4.78, 5) is 11.1. The molecule has 1 aromatic carbocycles. The summed E-state index contributed by atoms with van der Waals surface area (Å²) >= 11 is 0. The van der Waals surface area contributed by atoms with Gasteiger partial charge in [0.15, 0.2) is 0 Å². The fraction of sp³-hybridized carbons (Fsp3) is 0.182. The minimum absolute atomic E-state index is 0.303. The summed E-state index contributed by atoms with van der Waals surface area (Å²) in [5.41, 5.74) is -0.553. The maximum absolute atomic E-state index is 13.0. The number of halogens is 1. The molecular formula is C11H9FO3. The maximum Gasteiger partial charge on any atom is 0.320 e. The van der Waals surface area contributed by atoms with Crippen molar-refractivity contribution in [1.82, 2.24) is 0 Å². The average molecular weight is 208 g/mol. The Labute approximate surface area is 85.5 Å². The van der Waals surface area contributed by atoms with Crippen LogP contribution in [0, 0.1) is 5.82 Å². The topological polar surface area (TPSA) is 57.5 Å². The van der Waals surface area contributed by atoms with Gasteiger partial charge in [-0.15, -0.1) is 0 Å². The molecule has 0 heterocycles. The van der Waals surface area contributed by atoms with E-state index in [4.69, 9.17) is 5.11 Å². The molecule has 15 heavy (non-hydrogen) atoms. The second-order valence-electron chi connectivity index (χ2n) is 3.50. The van der Waals surface area contributed by atoms with Crippen LogP contribution in [0.25, 0.3) is 6.08 Å². The highest BCUT2D eigenvalue weighted by Gasteiger charge is 2.42. The van der Waals surface area contributed by atoms with E-state index in [1.807, 2.05) is 0 Å². The van der Waals surface area contributed by atoms with Crippen molar-refractivity contribution in [3.05, 3.63) is 41.2 Å². The van der Waals surface area contributed by atoms with Crippen LogP contribution in [0.15, 0.2) is 24.3 Å². The Balaban J connectivity index is 2.64. The molecule has 1 aliphatic rings. The molecule has 4 heteroatoms. The summed E-state index contributed by atoms with van der Waals surface area (Å²) < 4.78 is 13.0. The van der Waals surface area contributed by atoms with Crippen LogP contribution in [-0.2, 0) is 10.2 Å². The lowest BCUT2D eigenvalue weighted by atomic mass is 9.83. The molecule has 1 unspecified atom stereocenters. The summed E-state index contributed by atoms with van der Waals surface area (Å²) in [6.07, 6.45) is 2.97. The van der Waals surface area contributed by atoms with Crippen molar-refractivity contribution in [2.75, 3.05) is 6.61 Å². The standard InChI is InChI=1S/C11H9FO3/c12-8-2-1-7-3-4-11(6-13,10(14)15)9(7)5-8/h1-5,13H,6H2,(H,14,15). The Bertz CT molecular complexity index is 453. The molecule has 0 aromatic heterocycles. The lowest BCUT2D eigenvalue weighted by molar-refractivity contribution is -0.143. The number of carboxylic acids is 1. The van der Waals surface area contributed by atoms with E-state index in [1.165, 1.54) is 18.2 Å². The first kappa shape index (κ1) is 9.86. The zero-order valence-electron chi connectivity index (χ0n) is 7.77. The van der Waals surface area contributed by atoms with E-state index >= 15 is 0 Å². The van der Waals surface area contributed by atoms with E-state index in [9.17, 15) is 14.3 Å². The molecule has 0 radical (unpaired) electrons. The largest absolute Gasteiger partial charge is 0.480 e. The van der Waals surface area contributed by atoms with Gasteiger partial charge >= 0.3 is 5.97 Å². The van der Waals surface area contributed by atoms with Gasteiger partial charge < -0.3 is 10.2 Å². The third kappa shape index (κ3) is 1.26. The fourth-order valence-electron chi connectivity index (χ4n) is 1.77. The van der Waals surface area contributed by atoms with Crippen LogP contribution in [0.5, 0.6) is 0 Å². The summed E-state index contributed by atoms with van der Waals surface area (Å²) in [5.74, 6) is -1.68. The molecule has 0 saturated heterocycles. The summed E-state index contributed by atoms with van der Waals surface area (Å²) in [6.45, 7) is -0.574. The molecule has 78 valence electrons. The molecule has 0 saturated carbocycles. The second kappa shape index (κ2) is 3.17. The highest BCUT2D eigenvalue weighted by atomic mass is 19.1. The first-order valence-electron chi connectivity index (χ1n) is 4.44. The van der Waals surface area contributed by atoms with Crippen molar-refractivity contribution in [1.29, 1.82) is 0 Å². The number of aliphatic carboxylic acids is 1. The lowest BCUT2D eigenvalue weighted by Gasteiger charge is -2.21. The molecule has 1 aliphatic carbocycles. The molecule has 0 fully saturated rings. The molecule has 0 amide bonds. The normalized spacial score (nSPS) is 22.8. The van der Waals surface area contributed by atoms with Crippen molar-refractivity contribution in [3.63, 3.8) is 0 Å². The van der Waals surface area contributed by atoms with Crippen molar-refractivity contribution in [2.24, 2.45) is 0 Å². The van der Waals surface area contributed by atoms with E-state index in [-0.39, 0.29) is 0 Å². The van der Waals surface area contributed by atoms with Gasteiger partial charge in [0.25, 0.3) is 0 Å². The van der Waals surface area contributed by atoms with Gasteiger partial charge in [0.2, 0.25) is 0 Å². The molecule has 0 spiro atoms. The molecule has 3 nitrogen and oxygen atoms in total. The number of benzene rings is 1. The van der Waals surface area contributed by atoms with Crippen molar-refractivity contribution in [3.8, 4) is 0 Å². The number of hydrogen-bond donors (Lipinski definition) is 2. The summed E-state index contributed by atoms with van der Waals surface area (Å²) in [5, 5.41) is 18.2. The smallest absolute Gasteiger partial charge is 0.320 e. The first-order valence-corrected chi connectivity index (χ1v) is 4.44. The van der Waals surface area contributed by atoms with Crippen LogP contribution in [0.4, 0.5) is 4.39 Å². The molecule has 2 rings (SSSR count). The summed E-state index contributed by atoms with van der Waals surface area (Å²) in [7, 11) is 0. The van der Waals surface area contributed by atoms with Crippen molar-refractivity contribution in [2.45, 2.75) is 5.41 Å². The second-order valence-corrected chi connectivity index (χ2v) is 3.50. The molecule has 2 N–H and O–H groups in total. The van der Waals surface area contributed by atoms with Gasteiger partial charge in [0.05, 0.1) is 6.61 Å². The minimum Gasteiger partial charge on any atom is -0.480 e. The Morgan fingerprint density at radius 3 is 2.80 bits per heavy atom. The number of hydrogen-bond acceptors (Lipinski definition) is 2. The maximum atomic E-state index is 13.0. The van der Waals surface area contributed by atoms with E-state index in [1.54, 1.807) is 6.08 Å². The SMILES string of the molecule is O=C(O)C1(CO)C=Cc2ccc(F)cc21. The van der Waals surface area contributed by atoms with Gasteiger partial charge in [0.1, 0.15) is 11.2 Å². The predicted molar refractivity (Wildman–Crippen MR) is 51.8 cm³/mol. The van der Waals surface area contributed by atoms with Crippen molar-refractivity contribution < 1.29 is 19.4 Å². The molecule has 0 aliphatic heterocycles. The zero-order chi connectivity index (χ0) is 11.1. The number of aliphatic hydroxyl groups excluding tert-OH is 1. The van der Waals surface area contributed by atoms with Crippen LogP contribution in [0.3, 0.4) is 0 Å². The third-order valence-electron chi connectivity index (χ3n) is 2.67. The van der Waals surface area contributed by atoms with Gasteiger partial charge in [0, 0.05) is 0 Å². The number of rotatable bonds is 2. The average Bonchev–Trinajstić information content (AvgIpc) is 2.57. The fourth-order valence-corrected chi connectivity index (χ4v) is 1.77. The van der Waals surface area contributed by atoms with Crippen LogP contribution >= 0.6 is 0 Å². The van der Waals surface area contributed by atoms with Gasteiger partial charge in [-0.3, -0.25) is 4.79 Å². The van der Waals surface area contributed by atoms with E-state index in [0.29, 0.717) is 11.1 Å². The molecule has 1 aromatic rings. The van der Waals surface area contributed by atoms with Crippen LogP contribution in [0.2, 0.25) is 0 Å². The van der Waals surface area contributed by atoms with E-state index in [0.717, 1.165) is 6.07 Å². The zero-order valence-corrected chi connectivity index (χ0v) is 7.77. The molecule has 1 atom stereocenters. The van der Waals surface area contributed by atoms with Crippen LogP contribution < -0.4 is 0 Å². The monoisotopic (exact) mass is 208 g/mol. The Morgan fingerprint density at radius 1 is 1.47 bits per heavy atom. The predicted octanol–water partition coefficient (Wildman–Crippen LogP) is 1.17. The molecule has 0 bridgehead atoms. The van der Waals surface area contributed by atoms with E-state index < -0.39 is 23.8 Å². The Hall–Kier alpha value is -1.68. The number of carbonyl (C=O) groups is 1. The number of aliphatic hydroxyl groups is 1. The van der Waals surface area contributed by atoms with Gasteiger partial charge in [-0.2, -0.15) is 0 Å². The Kier molecular flexibility index (Phi) is 2.08. The number of fused-ring (bicyclic) bond motifs is 1. The highest BCUT2D eigenvalue weighted by molar-refractivity contribution is 5.90. The summed E-state index contributed by atoms with van der Waals surface area (Å²) in [6, 6.07) is 3.92. The van der Waals surface area contributed by atoms with E-state index in [2.05, 4.69) is 0 Å². The van der Waals surface area contributed by atoms with Crippen molar-refractivity contribution >= 4 is 12.0 Å². The third-order valence-corrected chi connectivity index (χ3v) is 2.67. The quantitative estimate of drug-likeness (QED) is 0.766. The first-order chi connectivity index (χ1) is 7.10. The van der Waals surface area contributed by atoms with Gasteiger partial charge in [-0.05, 0) is 23.3 Å². The Morgan fingerprint density at radius 2 is 2.20 bits per heavy atom. The molecular weight excluding hydrogens is 199 g/mol. The minimum atomic E-state index is -1.49. The van der Waals surface area contributed by atoms with Gasteiger partial charge in [-0.25, -0.2) is 4.39 Å². The van der Waals surface area contributed by atoms with Gasteiger partial charge in [-0.1, -0.05) is 18.2 Å².